The second-order valence-electron chi connectivity index (χ2n) is 6.13. The van der Waals surface area contributed by atoms with Crippen LogP contribution in [0, 0.1) is 0 Å². The van der Waals surface area contributed by atoms with Crippen LogP contribution in [0.5, 0.6) is 17.2 Å². The molecule has 0 amide bonds. The van der Waals surface area contributed by atoms with E-state index in [4.69, 9.17) is 14.2 Å². The number of aromatic nitrogens is 3. The Labute approximate surface area is 140 Å². The van der Waals surface area contributed by atoms with Gasteiger partial charge in [-0.3, -0.25) is 0 Å². The van der Waals surface area contributed by atoms with Crippen molar-refractivity contribution in [3.05, 3.63) is 29.3 Å². The normalized spacial score (nSPS) is 15.9. The summed E-state index contributed by atoms with van der Waals surface area (Å²) >= 11 is 0. The van der Waals surface area contributed by atoms with Gasteiger partial charge < -0.3 is 24.1 Å². The number of fused-ring (bicyclic) bond motifs is 2. The molecule has 2 aromatic rings. The topological polar surface area (TPSA) is 70.4 Å². The van der Waals surface area contributed by atoms with Gasteiger partial charge in [0.05, 0.1) is 13.7 Å². The van der Waals surface area contributed by atoms with Gasteiger partial charge in [0.15, 0.2) is 11.5 Å². The second kappa shape index (κ2) is 6.68. The molecule has 3 heterocycles. The molecule has 0 fully saturated rings. The highest BCUT2D eigenvalue weighted by Crippen LogP contribution is 2.41. The van der Waals surface area contributed by atoms with E-state index in [2.05, 4.69) is 20.1 Å². The Morgan fingerprint density at radius 1 is 1.17 bits per heavy atom. The molecule has 2 aliphatic heterocycles. The number of benzene rings is 1. The summed E-state index contributed by atoms with van der Waals surface area (Å²) in [7, 11) is 1.64. The van der Waals surface area contributed by atoms with Crippen molar-refractivity contribution in [1.82, 2.24) is 20.1 Å². The van der Waals surface area contributed by atoms with E-state index in [-0.39, 0.29) is 6.79 Å². The number of ether oxygens (including phenoxy) is 3. The van der Waals surface area contributed by atoms with Crippen molar-refractivity contribution in [2.75, 3.05) is 13.9 Å². The van der Waals surface area contributed by atoms with Gasteiger partial charge in [-0.15, -0.1) is 10.2 Å². The predicted molar refractivity (Wildman–Crippen MR) is 87.2 cm³/mol. The van der Waals surface area contributed by atoms with Crippen molar-refractivity contribution < 1.29 is 14.2 Å². The maximum atomic E-state index is 5.47. The molecule has 0 radical (unpaired) electrons. The van der Waals surface area contributed by atoms with Gasteiger partial charge in [-0.1, -0.05) is 6.42 Å². The van der Waals surface area contributed by atoms with Crippen molar-refractivity contribution in [2.24, 2.45) is 0 Å². The second-order valence-corrected chi connectivity index (χ2v) is 6.13. The van der Waals surface area contributed by atoms with Crippen molar-refractivity contribution in [3.63, 3.8) is 0 Å². The summed E-state index contributed by atoms with van der Waals surface area (Å²) < 4.78 is 18.5. The first-order valence-corrected chi connectivity index (χ1v) is 8.43. The Bertz CT molecular complexity index is 729. The molecule has 0 saturated carbocycles. The minimum Gasteiger partial charge on any atom is -0.493 e. The average molecular weight is 330 g/mol. The maximum Gasteiger partial charge on any atom is 0.231 e. The van der Waals surface area contributed by atoms with Crippen LogP contribution in [0.3, 0.4) is 0 Å². The van der Waals surface area contributed by atoms with Gasteiger partial charge in [-0.05, 0) is 30.5 Å². The van der Waals surface area contributed by atoms with Crippen molar-refractivity contribution in [3.8, 4) is 17.2 Å². The Kier molecular flexibility index (Phi) is 4.25. The molecule has 0 unspecified atom stereocenters. The number of aryl methyl sites for hydroxylation is 1. The van der Waals surface area contributed by atoms with Crippen LogP contribution >= 0.6 is 0 Å². The summed E-state index contributed by atoms with van der Waals surface area (Å²) in [6, 6.07) is 3.97. The summed E-state index contributed by atoms with van der Waals surface area (Å²) in [5, 5.41) is 12.1. The first kappa shape index (κ1) is 15.3. The fourth-order valence-corrected chi connectivity index (χ4v) is 3.28. The summed E-state index contributed by atoms with van der Waals surface area (Å²) in [6.45, 7) is 2.67. The zero-order valence-corrected chi connectivity index (χ0v) is 13.9. The number of methoxy groups -OCH3 is 1. The van der Waals surface area contributed by atoms with Crippen LogP contribution in [0.4, 0.5) is 0 Å². The molecule has 128 valence electrons. The van der Waals surface area contributed by atoms with Crippen LogP contribution in [-0.4, -0.2) is 28.7 Å². The van der Waals surface area contributed by atoms with Gasteiger partial charge in [-0.25, -0.2) is 0 Å². The largest absolute Gasteiger partial charge is 0.493 e. The van der Waals surface area contributed by atoms with Gasteiger partial charge in [0, 0.05) is 19.5 Å². The average Bonchev–Trinajstić information content (AvgIpc) is 3.15. The maximum absolute atomic E-state index is 5.47. The standard InChI is InChI=1S/C17H22N4O3/c1-22-13-7-12(8-14-17(13)24-11-23-14)9-18-10-16-20-19-15-5-3-2-4-6-21(15)16/h7-8,18H,2-6,9-11H2,1H3. The molecule has 1 aromatic carbocycles. The van der Waals surface area contributed by atoms with Crippen LogP contribution in [0.15, 0.2) is 12.1 Å². The summed E-state index contributed by atoms with van der Waals surface area (Å²) in [5.41, 5.74) is 1.09. The zero-order chi connectivity index (χ0) is 16.4. The smallest absolute Gasteiger partial charge is 0.231 e. The summed E-state index contributed by atoms with van der Waals surface area (Å²) in [5.74, 6) is 4.26. The van der Waals surface area contributed by atoms with Crippen molar-refractivity contribution in [2.45, 2.75) is 45.3 Å². The molecule has 0 saturated heterocycles. The quantitative estimate of drug-likeness (QED) is 0.904. The molecular weight excluding hydrogens is 308 g/mol. The minimum atomic E-state index is 0.245. The summed E-state index contributed by atoms with van der Waals surface area (Å²) in [6.07, 6.45) is 4.72. The molecule has 7 nitrogen and oxygen atoms in total. The Hall–Kier alpha value is -2.28. The van der Waals surface area contributed by atoms with Gasteiger partial charge in [-0.2, -0.15) is 0 Å². The molecule has 7 heteroatoms. The minimum absolute atomic E-state index is 0.245. The van der Waals surface area contributed by atoms with E-state index in [0.29, 0.717) is 24.6 Å². The van der Waals surface area contributed by atoms with Gasteiger partial charge in [0.1, 0.15) is 11.6 Å². The monoisotopic (exact) mass is 330 g/mol. The molecular formula is C17H22N4O3. The van der Waals surface area contributed by atoms with Gasteiger partial charge >= 0.3 is 0 Å². The highest BCUT2D eigenvalue weighted by Gasteiger charge is 2.20. The predicted octanol–water partition coefficient (Wildman–Crippen LogP) is 2.03. The van der Waals surface area contributed by atoms with E-state index in [9.17, 15) is 0 Å². The Morgan fingerprint density at radius 3 is 3.04 bits per heavy atom. The highest BCUT2D eigenvalue weighted by atomic mass is 16.7. The molecule has 1 N–H and O–H groups in total. The lowest BCUT2D eigenvalue weighted by Crippen LogP contribution is -2.17. The third kappa shape index (κ3) is 2.91. The number of hydrogen-bond donors (Lipinski definition) is 1. The van der Waals surface area contributed by atoms with E-state index in [0.717, 1.165) is 35.9 Å². The molecule has 4 rings (SSSR count). The first-order chi connectivity index (χ1) is 11.8. The van der Waals surface area contributed by atoms with Crippen LogP contribution in [0.25, 0.3) is 0 Å². The number of nitrogens with zero attached hydrogens (tertiary/aromatic N) is 3. The number of hydrogen-bond acceptors (Lipinski definition) is 6. The fraction of sp³-hybridized carbons (Fsp3) is 0.529. The molecule has 1 aromatic heterocycles. The fourth-order valence-electron chi connectivity index (χ4n) is 3.28. The number of rotatable bonds is 5. The first-order valence-electron chi connectivity index (χ1n) is 8.43. The molecule has 0 bridgehead atoms. The lowest BCUT2D eigenvalue weighted by atomic mass is 10.2. The van der Waals surface area contributed by atoms with Gasteiger partial charge in [0.2, 0.25) is 12.5 Å². The lowest BCUT2D eigenvalue weighted by molar-refractivity contribution is 0.171. The molecule has 0 atom stereocenters. The van der Waals surface area contributed by atoms with E-state index < -0.39 is 0 Å². The molecule has 24 heavy (non-hydrogen) atoms. The SMILES string of the molecule is COc1cc(CNCc2nnc3n2CCCCC3)cc2c1OCO2. The van der Waals surface area contributed by atoms with Crippen LogP contribution in [-0.2, 0) is 26.1 Å². The van der Waals surface area contributed by atoms with E-state index in [1.165, 1.54) is 19.3 Å². The van der Waals surface area contributed by atoms with Crippen molar-refractivity contribution in [1.29, 1.82) is 0 Å². The van der Waals surface area contributed by atoms with E-state index in [1.54, 1.807) is 7.11 Å². The molecule has 2 aliphatic rings. The van der Waals surface area contributed by atoms with Crippen molar-refractivity contribution >= 4 is 0 Å². The third-order valence-corrected chi connectivity index (χ3v) is 4.52. The molecule has 0 aliphatic carbocycles. The highest BCUT2D eigenvalue weighted by molar-refractivity contribution is 5.55. The summed E-state index contributed by atoms with van der Waals surface area (Å²) in [4.78, 5) is 0. The third-order valence-electron chi connectivity index (χ3n) is 4.52. The Morgan fingerprint density at radius 2 is 2.12 bits per heavy atom. The van der Waals surface area contributed by atoms with Crippen LogP contribution < -0.4 is 19.5 Å². The molecule has 0 spiro atoms. The zero-order valence-electron chi connectivity index (χ0n) is 13.9. The van der Waals surface area contributed by atoms with E-state index in [1.807, 2.05) is 12.1 Å². The lowest BCUT2D eigenvalue weighted by Gasteiger charge is -2.10. The Balaban J connectivity index is 1.42. The van der Waals surface area contributed by atoms with Crippen LogP contribution in [0.1, 0.15) is 36.5 Å². The van der Waals surface area contributed by atoms with Crippen LogP contribution in [0.2, 0.25) is 0 Å². The number of nitrogens with one attached hydrogen (secondary N) is 1. The van der Waals surface area contributed by atoms with E-state index >= 15 is 0 Å². The van der Waals surface area contributed by atoms with Gasteiger partial charge in [0.25, 0.3) is 0 Å².